The third kappa shape index (κ3) is 15.1. The van der Waals surface area contributed by atoms with E-state index in [1.807, 2.05) is 75.3 Å². The summed E-state index contributed by atoms with van der Waals surface area (Å²) in [7, 11) is -0.314. The molecule has 12 heteroatoms. The second-order valence-corrected chi connectivity index (χ2v) is 25.4. The maximum absolute atomic E-state index is 12.2. The summed E-state index contributed by atoms with van der Waals surface area (Å²) in [5.41, 5.74) is 3.41. The molecule has 2 spiro atoms. The van der Waals surface area contributed by atoms with Crippen LogP contribution in [-0.4, -0.2) is 89.9 Å². The minimum Gasteiger partial charge on any atom is -0.490 e. The SMILES string of the molecule is Brc1ccc(OC2CCC3(CCCC3)CC2)cc1.CC(C)(C)OC(=O)N1CC=C(B2OC(C)(C)C(C)(C)O2)CC1.CC(C)(C)OC(=O)N1CC=C(c2ccc(OC3CCC4(CCCC4)CC3)cc2)CC1. The molecule has 4 aliphatic carbocycles. The molecule has 0 N–H and O–H groups in total. The lowest BCUT2D eigenvalue weighted by Gasteiger charge is -2.37. The minimum absolute atomic E-state index is 0.228. The van der Waals surface area contributed by atoms with Crippen molar-refractivity contribution in [2.75, 3.05) is 26.2 Å². The van der Waals surface area contributed by atoms with Gasteiger partial charge in [0.05, 0.1) is 23.4 Å². The van der Waals surface area contributed by atoms with Crippen LogP contribution in [0.25, 0.3) is 5.57 Å². The highest BCUT2D eigenvalue weighted by Crippen LogP contribution is 2.50. The van der Waals surface area contributed by atoms with E-state index in [1.165, 1.54) is 114 Å². The van der Waals surface area contributed by atoms with Crippen molar-refractivity contribution in [1.82, 2.24) is 9.80 Å². The second kappa shape index (κ2) is 22.7. The van der Waals surface area contributed by atoms with Crippen LogP contribution in [0.4, 0.5) is 9.59 Å². The number of halogens is 1. The lowest BCUT2D eigenvalue weighted by atomic mass is 9.72. The predicted molar refractivity (Wildman–Crippen MR) is 285 cm³/mol. The largest absolute Gasteiger partial charge is 0.490 e. The van der Waals surface area contributed by atoms with Gasteiger partial charge in [-0.3, -0.25) is 0 Å². The second-order valence-electron chi connectivity index (χ2n) is 24.5. The van der Waals surface area contributed by atoms with E-state index in [9.17, 15) is 9.59 Å². The summed E-state index contributed by atoms with van der Waals surface area (Å²) in [5, 5.41) is 0. The van der Waals surface area contributed by atoms with Crippen molar-refractivity contribution in [2.45, 2.75) is 219 Å². The molecule has 3 aliphatic heterocycles. The molecule has 4 saturated carbocycles. The Morgan fingerprint density at radius 2 is 0.986 bits per heavy atom. The molecular formula is C58H86BBrN2O8. The average Bonchev–Trinajstić information content (AvgIpc) is 4.03. The first-order valence-electron chi connectivity index (χ1n) is 26.9. The Morgan fingerprint density at radius 3 is 1.36 bits per heavy atom. The molecule has 2 amide bonds. The van der Waals surface area contributed by atoms with E-state index in [2.05, 4.69) is 70.5 Å². The Morgan fingerprint density at radius 1 is 0.586 bits per heavy atom. The molecule has 0 atom stereocenters. The molecule has 7 aliphatic rings. The highest BCUT2D eigenvalue weighted by Gasteiger charge is 2.52. The first-order valence-corrected chi connectivity index (χ1v) is 27.7. The van der Waals surface area contributed by atoms with Crippen molar-refractivity contribution in [1.29, 1.82) is 0 Å². The third-order valence-corrected chi connectivity index (χ3v) is 16.8. The summed E-state index contributed by atoms with van der Waals surface area (Å²) >= 11 is 3.46. The minimum atomic E-state index is -0.465. The number of carbonyl (C=O) groups excluding carboxylic acids is 2. The van der Waals surface area contributed by atoms with Gasteiger partial charge >= 0.3 is 19.3 Å². The van der Waals surface area contributed by atoms with Crippen LogP contribution in [0.15, 0.2) is 70.6 Å². The molecular weight excluding hydrogens is 943 g/mol. The zero-order valence-corrected chi connectivity index (χ0v) is 46.2. The van der Waals surface area contributed by atoms with Gasteiger partial charge in [0, 0.05) is 30.7 Å². The van der Waals surface area contributed by atoms with Gasteiger partial charge in [-0.2, -0.15) is 0 Å². The summed E-state index contributed by atoms with van der Waals surface area (Å²) in [6.45, 7) is 22.0. The highest BCUT2D eigenvalue weighted by atomic mass is 79.9. The zero-order valence-electron chi connectivity index (χ0n) is 44.6. The molecule has 386 valence electrons. The molecule has 70 heavy (non-hydrogen) atoms. The number of benzene rings is 2. The maximum atomic E-state index is 12.2. The van der Waals surface area contributed by atoms with Crippen molar-refractivity contribution < 1.29 is 37.8 Å². The van der Waals surface area contributed by atoms with Gasteiger partial charge in [-0.1, -0.05) is 65.9 Å². The first-order chi connectivity index (χ1) is 33.0. The van der Waals surface area contributed by atoms with Crippen LogP contribution in [0.1, 0.15) is 190 Å². The highest BCUT2D eigenvalue weighted by molar-refractivity contribution is 9.10. The molecule has 5 fully saturated rings. The van der Waals surface area contributed by atoms with Crippen LogP contribution in [0, 0.1) is 10.8 Å². The third-order valence-electron chi connectivity index (χ3n) is 16.3. The Bertz CT molecular complexity index is 2070. The van der Waals surface area contributed by atoms with Gasteiger partial charge < -0.3 is 38.1 Å². The Labute approximate surface area is 430 Å². The fourth-order valence-electron chi connectivity index (χ4n) is 11.3. The van der Waals surface area contributed by atoms with E-state index in [0.29, 0.717) is 49.2 Å². The van der Waals surface area contributed by atoms with E-state index in [0.717, 1.165) is 34.3 Å². The number of ether oxygens (including phenoxy) is 4. The van der Waals surface area contributed by atoms with E-state index in [-0.39, 0.29) is 30.5 Å². The lowest BCUT2D eigenvalue weighted by Crippen LogP contribution is -2.41. The fraction of sp³-hybridized carbons (Fsp3) is 0.690. The van der Waals surface area contributed by atoms with E-state index in [4.69, 9.17) is 28.3 Å². The molecule has 0 unspecified atom stereocenters. The van der Waals surface area contributed by atoms with Crippen molar-refractivity contribution in [2.24, 2.45) is 10.8 Å². The van der Waals surface area contributed by atoms with Gasteiger partial charge in [0.15, 0.2) is 0 Å². The van der Waals surface area contributed by atoms with Gasteiger partial charge in [0.1, 0.15) is 22.7 Å². The van der Waals surface area contributed by atoms with Crippen LogP contribution < -0.4 is 9.47 Å². The number of hydrogen-bond donors (Lipinski definition) is 0. The molecule has 0 bridgehead atoms. The monoisotopic (exact) mass is 1030 g/mol. The van der Waals surface area contributed by atoms with Crippen LogP contribution >= 0.6 is 15.9 Å². The zero-order chi connectivity index (χ0) is 50.4. The predicted octanol–water partition coefficient (Wildman–Crippen LogP) is 15.1. The van der Waals surface area contributed by atoms with Crippen LogP contribution in [0.3, 0.4) is 0 Å². The summed E-state index contributed by atoms with van der Waals surface area (Å²) in [4.78, 5) is 27.8. The topological polar surface area (TPSA) is 96.0 Å². The Kier molecular flexibility index (Phi) is 17.6. The molecule has 1 saturated heterocycles. The quantitative estimate of drug-likeness (QED) is 0.264. The smallest absolute Gasteiger partial charge is 0.490 e. The normalized spacial score (nSPS) is 23.9. The molecule has 9 rings (SSSR count). The van der Waals surface area contributed by atoms with E-state index >= 15 is 0 Å². The van der Waals surface area contributed by atoms with Crippen molar-refractivity contribution >= 4 is 40.8 Å². The lowest BCUT2D eigenvalue weighted by molar-refractivity contribution is 0.00578. The van der Waals surface area contributed by atoms with E-state index < -0.39 is 11.2 Å². The average molecular weight is 1030 g/mol. The Hall–Kier alpha value is -3.48. The van der Waals surface area contributed by atoms with Crippen LogP contribution in [0.2, 0.25) is 0 Å². The van der Waals surface area contributed by atoms with Crippen molar-refractivity contribution in [3.63, 3.8) is 0 Å². The summed E-state index contributed by atoms with van der Waals surface area (Å²) in [6, 6.07) is 16.8. The van der Waals surface area contributed by atoms with Crippen LogP contribution in [-0.2, 0) is 18.8 Å². The fourth-order valence-corrected chi connectivity index (χ4v) is 11.6. The molecule has 10 nitrogen and oxygen atoms in total. The van der Waals surface area contributed by atoms with Crippen molar-refractivity contribution in [3.05, 3.63) is 76.2 Å². The molecule has 3 heterocycles. The van der Waals surface area contributed by atoms with Gasteiger partial charge in [-0.05, 0) is 223 Å². The first kappa shape index (κ1) is 54.3. The molecule has 0 aromatic heterocycles. The summed E-state index contributed by atoms with van der Waals surface area (Å²) < 4.78 is 36.5. The van der Waals surface area contributed by atoms with Gasteiger partial charge in [-0.15, -0.1) is 0 Å². The maximum Gasteiger partial charge on any atom is 0.490 e. The van der Waals surface area contributed by atoms with Gasteiger partial charge in [-0.25, -0.2) is 9.59 Å². The van der Waals surface area contributed by atoms with Gasteiger partial charge in [0.2, 0.25) is 0 Å². The number of carbonyl (C=O) groups is 2. The Balaban J connectivity index is 0.000000160. The van der Waals surface area contributed by atoms with Crippen molar-refractivity contribution in [3.8, 4) is 11.5 Å². The summed E-state index contributed by atoms with van der Waals surface area (Å²) in [5.74, 6) is 2.00. The molecule has 2 aromatic carbocycles. The van der Waals surface area contributed by atoms with E-state index in [1.54, 1.807) is 9.80 Å². The van der Waals surface area contributed by atoms with Gasteiger partial charge in [0.25, 0.3) is 0 Å². The number of hydrogen-bond acceptors (Lipinski definition) is 8. The number of amides is 2. The molecule has 0 radical (unpaired) electrons. The standard InChI is InChI=1S/C26H37NO3.C16H28BNO4.C16H21BrO/c1-25(2,3)30-24(28)27-18-12-21(13-19-27)20-6-8-22(9-7-20)29-23-10-16-26(17-11-23)14-4-5-15-26;1-14(2,3)20-13(19)18-10-8-12(9-11-18)17-21-15(4,5)16(6,7)22-17;17-13-3-5-14(6-4-13)18-15-7-11-16(12-8-15)9-1-2-10-16/h6-9,12,23H,4-5,10-11,13-19H2,1-3H3;8H,9-11H2,1-7H3;3-6,15H,1-2,7-12H2. The molecule has 2 aromatic rings. The number of nitrogens with zero attached hydrogens (tertiary/aromatic N) is 2. The van der Waals surface area contributed by atoms with Crippen LogP contribution in [0.5, 0.6) is 11.5 Å². The summed E-state index contributed by atoms with van der Waals surface area (Å²) in [6.07, 6.45) is 28.0. The number of rotatable bonds is 6.